The first-order valence-corrected chi connectivity index (χ1v) is 9.53. The summed E-state index contributed by atoms with van der Waals surface area (Å²) in [7, 11) is -1.87. The average Bonchev–Trinajstić information content (AvgIpc) is 2.55. The highest BCUT2D eigenvalue weighted by molar-refractivity contribution is 7.98. The van der Waals surface area contributed by atoms with Gasteiger partial charge in [-0.15, -0.1) is 11.8 Å². The van der Waals surface area contributed by atoms with Crippen LogP contribution in [0.15, 0.2) is 58.3 Å². The molecule has 0 spiro atoms. The summed E-state index contributed by atoms with van der Waals surface area (Å²) >= 11 is 1.58. The van der Waals surface area contributed by atoms with Crippen LogP contribution in [0, 0.1) is 0 Å². The zero-order chi connectivity index (χ0) is 16.0. The van der Waals surface area contributed by atoms with Crippen LogP contribution in [-0.4, -0.2) is 28.3 Å². The molecular weight excluding hydrogens is 318 g/mol. The quantitative estimate of drug-likeness (QED) is 0.789. The molecule has 0 aliphatic carbocycles. The Labute approximate surface area is 135 Å². The molecule has 0 heterocycles. The third kappa shape index (κ3) is 4.25. The number of thioether (sulfide) groups is 1. The van der Waals surface area contributed by atoms with Crippen molar-refractivity contribution in [1.82, 2.24) is 4.72 Å². The minimum atomic E-state index is -3.48. The second-order valence-corrected chi connectivity index (χ2v) is 7.28. The molecule has 0 unspecified atom stereocenters. The van der Waals surface area contributed by atoms with Crippen LogP contribution in [0.3, 0.4) is 0 Å². The fraction of sp³-hybridized carbons (Fsp3) is 0.250. The maximum absolute atomic E-state index is 12.2. The highest BCUT2D eigenvalue weighted by atomic mass is 32.2. The van der Waals surface area contributed by atoms with Gasteiger partial charge in [0.1, 0.15) is 5.75 Å². The zero-order valence-corrected chi connectivity index (χ0v) is 14.2. The molecule has 0 aliphatic rings. The fourth-order valence-electron chi connectivity index (χ4n) is 2.07. The van der Waals surface area contributed by atoms with Gasteiger partial charge in [0.25, 0.3) is 0 Å². The standard InChI is InChI=1S/C16H19NO3S2/c1-20-16-6-4-3-5-13(16)11-12-17-22(18,19)15-9-7-14(21-2)8-10-15/h3-10,17H,11-12H2,1-2H3. The van der Waals surface area contributed by atoms with Gasteiger partial charge in [0.05, 0.1) is 12.0 Å². The molecular formula is C16H19NO3S2. The minimum absolute atomic E-state index is 0.283. The van der Waals surface area contributed by atoms with E-state index in [-0.39, 0.29) is 4.90 Å². The number of methoxy groups -OCH3 is 1. The number of hydrogen-bond acceptors (Lipinski definition) is 4. The van der Waals surface area contributed by atoms with Crippen LogP contribution >= 0.6 is 11.8 Å². The Morgan fingerprint density at radius 1 is 1.09 bits per heavy atom. The maximum Gasteiger partial charge on any atom is 0.240 e. The first-order chi connectivity index (χ1) is 10.6. The van der Waals surface area contributed by atoms with Crippen LogP contribution in [-0.2, 0) is 16.4 Å². The largest absolute Gasteiger partial charge is 0.496 e. The molecule has 6 heteroatoms. The molecule has 2 rings (SSSR count). The van der Waals surface area contributed by atoms with Crippen molar-refractivity contribution < 1.29 is 13.2 Å². The van der Waals surface area contributed by atoms with Crippen LogP contribution in [0.4, 0.5) is 0 Å². The molecule has 0 atom stereocenters. The lowest BCUT2D eigenvalue weighted by molar-refractivity contribution is 0.409. The molecule has 0 aromatic heterocycles. The Balaban J connectivity index is 2.00. The number of hydrogen-bond donors (Lipinski definition) is 1. The first kappa shape index (κ1) is 16.9. The van der Waals surface area contributed by atoms with Crippen molar-refractivity contribution in [2.45, 2.75) is 16.2 Å². The summed E-state index contributed by atoms with van der Waals surface area (Å²) < 4.78 is 32.3. The van der Waals surface area contributed by atoms with Gasteiger partial charge in [-0.2, -0.15) is 0 Å². The van der Waals surface area contributed by atoms with Gasteiger partial charge in [-0.1, -0.05) is 18.2 Å². The first-order valence-electron chi connectivity index (χ1n) is 6.82. The van der Waals surface area contributed by atoms with Crippen molar-refractivity contribution in [3.8, 4) is 5.75 Å². The summed E-state index contributed by atoms with van der Waals surface area (Å²) in [6.45, 7) is 0.326. The molecule has 2 aromatic rings. The van der Waals surface area contributed by atoms with Crippen LogP contribution in [0.5, 0.6) is 5.75 Å². The summed E-state index contributed by atoms with van der Waals surface area (Å²) in [5, 5.41) is 0. The van der Waals surface area contributed by atoms with Crippen molar-refractivity contribution in [3.05, 3.63) is 54.1 Å². The fourth-order valence-corrected chi connectivity index (χ4v) is 3.51. The monoisotopic (exact) mass is 337 g/mol. The summed E-state index contributed by atoms with van der Waals surface area (Å²) in [5.41, 5.74) is 0.977. The van der Waals surface area contributed by atoms with Gasteiger partial charge < -0.3 is 4.74 Å². The van der Waals surface area contributed by atoms with E-state index in [1.165, 1.54) is 0 Å². The molecule has 0 saturated heterocycles. The molecule has 22 heavy (non-hydrogen) atoms. The van der Waals surface area contributed by atoms with E-state index >= 15 is 0 Å². The molecule has 2 aromatic carbocycles. The van der Waals surface area contributed by atoms with Gasteiger partial charge in [-0.25, -0.2) is 13.1 Å². The normalized spacial score (nSPS) is 11.4. The SMILES string of the molecule is COc1ccccc1CCNS(=O)(=O)c1ccc(SC)cc1. The molecule has 118 valence electrons. The third-order valence-electron chi connectivity index (χ3n) is 3.25. The van der Waals surface area contributed by atoms with Gasteiger partial charge in [0, 0.05) is 11.4 Å². The van der Waals surface area contributed by atoms with Crippen molar-refractivity contribution in [1.29, 1.82) is 0 Å². The summed E-state index contributed by atoms with van der Waals surface area (Å²) in [6, 6.07) is 14.5. The summed E-state index contributed by atoms with van der Waals surface area (Å²) in [4.78, 5) is 1.32. The number of sulfonamides is 1. The second-order valence-electron chi connectivity index (χ2n) is 4.64. The molecule has 4 nitrogen and oxygen atoms in total. The molecule has 0 bridgehead atoms. The van der Waals surface area contributed by atoms with E-state index in [1.54, 1.807) is 43.1 Å². The molecule has 0 fully saturated rings. The number of benzene rings is 2. The maximum atomic E-state index is 12.2. The van der Waals surface area contributed by atoms with E-state index in [0.29, 0.717) is 13.0 Å². The van der Waals surface area contributed by atoms with E-state index in [2.05, 4.69) is 4.72 Å². The molecule has 0 radical (unpaired) electrons. The number of para-hydroxylation sites is 1. The van der Waals surface area contributed by atoms with Crippen molar-refractivity contribution in [2.75, 3.05) is 19.9 Å². The smallest absolute Gasteiger partial charge is 0.240 e. The van der Waals surface area contributed by atoms with Crippen LogP contribution in [0.1, 0.15) is 5.56 Å². The van der Waals surface area contributed by atoms with Gasteiger partial charge >= 0.3 is 0 Å². The topological polar surface area (TPSA) is 55.4 Å². The Morgan fingerprint density at radius 3 is 2.41 bits per heavy atom. The predicted molar refractivity (Wildman–Crippen MR) is 90.1 cm³/mol. The molecule has 0 saturated carbocycles. The van der Waals surface area contributed by atoms with Gasteiger partial charge in [-0.05, 0) is 48.6 Å². The van der Waals surface area contributed by atoms with Gasteiger partial charge in [0.2, 0.25) is 10.0 Å². The van der Waals surface area contributed by atoms with Gasteiger partial charge in [-0.3, -0.25) is 0 Å². The van der Waals surface area contributed by atoms with E-state index in [1.807, 2.05) is 30.5 Å². The van der Waals surface area contributed by atoms with Crippen molar-refractivity contribution in [2.24, 2.45) is 0 Å². The van der Waals surface area contributed by atoms with E-state index in [0.717, 1.165) is 16.2 Å². The Bertz CT molecular complexity index is 712. The number of nitrogens with one attached hydrogen (secondary N) is 1. The van der Waals surface area contributed by atoms with Crippen molar-refractivity contribution >= 4 is 21.8 Å². The molecule has 0 amide bonds. The Hall–Kier alpha value is -1.50. The van der Waals surface area contributed by atoms with Crippen LogP contribution < -0.4 is 9.46 Å². The minimum Gasteiger partial charge on any atom is -0.496 e. The second kappa shape index (κ2) is 7.67. The summed E-state index contributed by atoms with van der Waals surface area (Å²) in [5.74, 6) is 0.769. The zero-order valence-electron chi connectivity index (χ0n) is 12.6. The highest BCUT2D eigenvalue weighted by Gasteiger charge is 2.13. The lowest BCUT2D eigenvalue weighted by Crippen LogP contribution is -2.26. The molecule has 0 aliphatic heterocycles. The average molecular weight is 337 g/mol. The van der Waals surface area contributed by atoms with E-state index in [9.17, 15) is 8.42 Å². The Kier molecular flexibility index (Phi) is 5.88. The predicted octanol–water partition coefficient (Wildman–Crippen LogP) is 2.94. The van der Waals surface area contributed by atoms with Crippen LogP contribution in [0.2, 0.25) is 0 Å². The summed E-state index contributed by atoms with van der Waals surface area (Å²) in [6.07, 6.45) is 2.53. The van der Waals surface area contributed by atoms with E-state index in [4.69, 9.17) is 4.74 Å². The van der Waals surface area contributed by atoms with Crippen molar-refractivity contribution in [3.63, 3.8) is 0 Å². The van der Waals surface area contributed by atoms with Crippen LogP contribution in [0.25, 0.3) is 0 Å². The number of rotatable bonds is 7. The Morgan fingerprint density at radius 2 is 1.77 bits per heavy atom. The highest BCUT2D eigenvalue weighted by Crippen LogP contribution is 2.19. The van der Waals surface area contributed by atoms with E-state index < -0.39 is 10.0 Å². The molecule has 1 N–H and O–H groups in total. The lowest BCUT2D eigenvalue weighted by atomic mass is 10.1. The van der Waals surface area contributed by atoms with Gasteiger partial charge in [0.15, 0.2) is 0 Å². The number of ether oxygens (including phenoxy) is 1. The lowest BCUT2D eigenvalue weighted by Gasteiger charge is -2.10. The third-order valence-corrected chi connectivity index (χ3v) is 5.47.